The van der Waals surface area contributed by atoms with Crippen LogP contribution in [0.5, 0.6) is 0 Å². The highest BCUT2D eigenvalue weighted by Crippen LogP contribution is 2.46. The van der Waals surface area contributed by atoms with Crippen molar-refractivity contribution in [2.75, 3.05) is 33.3 Å². The van der Waals surface area contributed by atoms with Crippen LogP contribution in [0.4, 0.5) is 0 Å². The zero-order valence-electron chi connectivity index (χ0n) is 24.2. The Morgan fingerprint density at radius 1 is 0.875 bits per heavy atom. The molecule has 6 rings (SSSR count). The fraction of sp³-hybridized carbons (Fsp3) is 0.750. The van der Waals surface area contributed by atoms with Crippen molar-refractivity contribution in [1.29, 1.82) is 0 Å². The average Bonchev–Trinajstić information content (AvgIpc) is 3.58. The van der Waals surface area contributed by atoms with E-state index in [-0.39, 0.29) is 23.5 Å². The van der Waals surface area contributed by atoms with Gasteiger partial charge in [-0.05, 0) is 68.6 Å². The van der Waals surface area contributed by atoms with E-state index in [1.807, 2.05) is 24.1 Å². The first-order chi connectivity index (χ1) is 19.4. The number of carbonyl (C=O) groups is 2. The Bertz CT molecular complexity index is 1040. The Morgan fingerprint density at radius 2 is 1.50 bits per heavy atom. The third kappa shape index (κ3) is 5.57. The second kappa shape index (κ2) is 11.7. The number of fused-ring (bicyclic) bond motifs is 1. The summed E-state index contributed by atoms with van der Waals surface area (Å²) in [6.07, 6.45) is 15.5. The minimum Gasteiger partial charge on any atom is -0.381 e. The lowest BCUT2D eigenvalue weighted by atomic mass is 9.66. The normalized spacial score (nSPS) is 33.0. The molecule has 2 amide bonds. The number of aliphatic hydroxyl groups is 1. The van der Waals surface area contributed by atoms with Gasteiger partial charge in [-0.25, -0.2) is 0 Å². The van der Waals surface area contributed by atoms with Crippen molar-refractivity contribution in [3.8, 4) is 0 Å². The number of amides is 2. The van der Waals surface area contributed by atoms with E-state index < -0.39 is 5.60 Å². The Hall–Kier alpha value is -2.00. The van der Waals surface area contributed by atoms with Crippen LogP contribution in [0.25, 0.3) is 0 Å². The molecule has 1 aromatic rings. The molecule has 0 bridgehead atoms. The Kier molecular flexibility index (Phi) is 8.23. The molecule has 2 heterocycles. The second-order valence-corrected chi connectivity index (χ2v) is 13.1. The predicted molar refractivity (Wildman–Crippen MR) is 154 cm³/mol. The number of ether oxygens (including phenoxy) is 1. The molecule has 2 saturated heterocycles. The molecule has 1 aromatic carbocycles. The van der Waals surface area contributed by atoms with E-state index in [9.17, 15) is 14.7 Å². The molecule has 0 aromatic heterocycles. The van der Waals surface area contributed by atoms with Gasteiger partial charge in [-0.1, -0.05) is 50.7 Å². The standard InChI is InChI=1S/C32H48N4O4/c1-40-26-14-15-32(25-8-6-4-2-3-5-7-9-25)27(22-26)33-28(34-32)23-10-12-24(13-11-23)29(37)35-18-20-36(21-19-35)30(38)31(39)16-17-31/h10-13,25-28,33-34,39H,2-9,14-22H2,1H3. The van der Waals surface area contributed by atoms with E-state index in [2.05, 4.69) is 22.8 Å². The largest absolute Gasteiger partial charge is 0.381 e. The summed E-state index contributed by atoms with van der Waals surface area (Å²) in [5.74, 6) is 0.512. The highest BCUT2D eigenvalue weighted by Gasteiger charge is 2.54. The second-order valence-electron chi connectivity index (χ2n) is 13.1. The number of benzene rings is 1. The Morgan fingerprint density at radius 3 is 2.12 bits per heavy atom. The summed E-state index contributed by atoms with van der Waals surface area (Å²) in [5, 5.41) is 18.2. The Balaban J connectivity index is 1.12. The fourth-order valence-electron chi connectivity index (χ4n) is 7.95. The minimum atomic E-state index is -1.14. The van der Waals surface area contributed by atoms with Crippen molar-refractivity contribution in [2.45, 2.75) is 113 Å². The van der Waals surface area contributed by atoms with Gasteiger partial charge in [0.2, 0.25) is 0 Å². The number of nitrogens with one attached hydrogen (secondary N) is 2. The van der Waals surface area contributed by atoms with Crippen molar-refractivity contribution in [3.63, 3.8) is 0 Å². The quantitative estimate of drug-likeness (QED) is 0.515. The number of hydrogen-bond acceptors (Lipinski definition) is 6. The maximum Gasteiger partial charge on any atom is 0.254 e. The molecule has 4 unspecified atom stereocenters. The van der Waals surface area contributed by atoms with Crippen LogP contribution in [0.3, 0.4) is 0 Å². The van der Waals surface area contributed by atoms with Gasteiger partial charge in [-0.3, -0.25) is 20.2 Å². The van der Waals surface area contributed by atoms with Gasteiger partial charge in [0.05, 0.1) is 12.3 Å². The van der Waals surface area contributed by atoms with E-state index in [0.717, 1.165) is 19.3 Å². The van der Waals surface area contributed by atoms with Crippen LogP contribution in [0.2, 0.25) is 0 Å². The molecule has 4 atom stereocenters. The van der Waals surface area contributed by atoms with Gasteiger partial charge < -0.3 is 19.6 Å². The molecule has 3 saturated carbocycles. The smallest absolute Gasteiger partial charge is 0.254 e. The third-order valence-electron chi connectivity index (χ3n) is 10.7. The summed E-state index contributed by atoms with van der Waals surface area (Å²) in [6.45, 7) is 1.96. The van der Waals surface area contributed by atoms with E-state index in [0.29, 0.717) is 62.6 Å². The van der Waals surface area contributed by atoms with Crippen molar-refractivity contribution in [3.05, 3.63) is 35.4 Å². The summed E-state index contributed by atoms with van der Waals surface area (Å²) < 4.78 is 5.83. The highest BCUT2D eigenvalue weighted by molar-refractivity contribution is 5.94. The monoisotopic (exact) mass is 552 g/mol. The van der Waals surface area contributed by atoms with Gasteiger partial charge in [0.1, 0.15) is 5.60 Å². The van der Waals surface area contributed by atoms with Crippen molar-refractivity contribution >= 4 is 11.8 Å². The average molecular weight is 553 g/mol. The molecule has 40 heavy (non-hydrogen) atoms. The number of hydrogen-bond donors (Lipinski definition) is 3. The number of methoxy groups -OCH3 is 1. The van der Waals surface area contributed by atoms with Crippen molar-refractivity contribution < 1.29 is 19.4 Å². The topological polar surface area (TPSA) is 94.1 Å². The zero-order chi connectivity index (χ0) is 27.7. The first kappa shape index (κ1) is 28.1. The molecule has 2 aliphatic heterocycles. The lowest BCUT2D eigenvalue weighted by Gasteiger charge is -2.47. The number of carbonyl (C=O) groups excluding carboxylic acids is 2. The molecule has 0 spiro atoms. The summed E-state index contributed by atoms with van der Waals surface area (Å²) >= 11 is 0. The van der Waals surface area contributed by atoms with Gasteiger partial charge in [0, 0.05) is 50.4 Å². The van der Waals surface area contributed by atoms with Gasteiger partial charge in [-0.2, -0.15) is 0 Å². The lowest BCUT2D eigenvalue weighted by Crippen LogP contribution is -2.59. The van der Waals surface area contributed by atoms with E-state index >= 15 is 0 Å². The summed E-state index contributed by atoms with van der Waals surface area (Å²) in [4.78, 5) is 29.2. The van der Waals surface area contributed by atoms with Crippen LogP contribution >= 0.6 is 0 Å². The van der Waals surface area contributed by atoms with Crippen LogP contribution in [-0.2, 0) is 9.53 Å². The summed E-state index contributed by atoms with van der Waals surface area (Å²) in [6, 6.07) is 8.50. The molecule has 5 fully saturated rings. The zero-order valence-corrected chi connectivity index (χ0v) is 24.2. The summed E-state index contributed by atoms with van der Waals surface area (Å²) in [7, 11) is 1.85. The highest BCUT2D eigenvalue weighted by atomic mass is 16.5. The Labute approximate surface area is 239 Å². The van der Waals surface area contributed by atoms with Crippen LogP contribution < -0.4 is 10.6 Å². The number of rotatable bonds is 5. The van der Waals surface area contributed by atoms with Gasteiger partial charge >= 0.3 is 0 Å². The molecule has 5 aliphatic rings. The van der Waals surface area contributed by atoms with Crippen molar-refractivity contribution in [2.24, 2.45) is 5.92 Å². The minimum absolute atomic E-state index is 0.00906. The first-order valence-corrected chi connectivity index (χ1v) is 15.9. The maximum atomic E-state index is 13.3. The van der Waals surface area contributed by atoms with Crippen LogP contribution in [0.1, 0.15) is 106 Å². The first-order valence-electron chi connectivity index (χ1n) is 15.9. The van der Waals surface area contributed by atoms with Crippen molar-refractivity contribution in [1.82, 2.24) is 20.4 Å². The molecule has 3 N–H and O–H groups in total. The predicted octanol–water partition coefficient (Wildman–Crippen LogP) is 3.74. The van der Waals surface area contributed by atoms with E-state index in [1.54, 1.807) is 4.90 Å². The van der Waals surface area contributed by atoms with Crippen LogP contribution in [-0.4, -0.2) is 83.3 Å². The molecular weight excluding hydrogens is 504 g/mol. The van der Waals surface area contributed by atoms with Gasteiger partial charge in [0.25, 0.3) is 11.8 Å². The van der Waals surface area contributed by atoms with Crippen LogP contribution in [0.15, 0.2) is 24.3 Å². The fourth-order valence-corrected chi connectivity index (χ4v) is 7.95. The van der Waals surface area contributed by atoms with E-state index in [1.165, 1.54) is 56.9 Å². The van der Waals surface area contributed by atoms with Gasteiger partial charge in [-0.15, -0.1) is 0 Å². The van der Waals surface area contributed by atoms with Gasteiger partial charge in [0.15, 0.2) is 0 Å². The molecule has 3 aliphatic carbocycles. The number of piperazine rings is 1. The molecular formula is C32H48N4O4. The maximum absolute atomic E-state index is 13.3. The molecule has 8 nitrogen and oxygen atoms in total. The molecule has 0 radical (unpaired) electrons. The number of nitrogens with zero attached hydrogens (tertiary/aromatic N) is 2. The van der Waals surface area contributed by atoms with Crippen LogP contribution in [0, 0.1) is 5.92 Å². The third-order valence-corrected chi connectivity index (χ3v) is 10.7. The lowest BCUT2D eigenvalue weighted by molar-refractivity contribution is -0.143. The summed E-state index contributed by atoms with van der Waals surface area (Å²) in [5.41, 5.74) is 0.823. The molecule has 8 heteroatoms. The molecule has 220 valence electrons. The SMILES string of the molecule is COC1CCC2(C3CCCCCCCC3)NC(c3ccc(C(=O)N4CCN(C(=O)C5(O)CC5)CC4)cc3)NC2C1. The van der Waals surface area contributed by atoms with E-state index in [4.69, 9.17) is 4.74 Å².